The number of aromatic nitrogens is 2. The van der Waals surface area contributed by atoms with E-state index in [9.17, 15) is 0 Å². The van der Waals surface area contributed by atoms with Crippen LogP contribution in [0.2, 0.25) is 0 Å². The van der Waals surface area contributed by atoms with Gasteiger partial charge in [-0.25, -0.2) is 0 Å². The summed E-state index contributed by atoms with van der Waals surface area (Å²) >= 11 is 0. The molecule has 0 N–H and O–H groups in total. The van der Waals surface area contributed by atoms with Crippen molar-refractivity contribution in [3.8, 4) is 34.4 Å². The molecule has 0 saturated heterocycles. The van der Waals surface area contributed by atoms with Gasteiger partial charge in [0.05, 0.1) is 27.8 Å². The van der Waals surface area contributed by atoms with Crippen LogP contribution < -0.4 is 25.9 Å². The van der Waals surface area contributed by atoms with E-state index < -0.39 is 0 Å². The Balaban J connectivity index is 1.19. The molecule has 218 valence electrons. The number of ether oxygens (including phenoxy) is 2. The molecule has 7 aromatic carbocycles. The van der Waals surface area contributed by atoms with Crippen LogP contribution in [-0.2, 0) is 0 Å². The number of fused-ring (bicyclic) bond motifs is 10. The van der Waals surface area contributed by atoms with Crippen LogP contribution in [0.4, 0.5) is 0 Å². The zero-order valence-electron chi connectivity index (χ0n) is 25.2. The monoisotopic (exact) mass is 600 g/mol. The predicted octanol–water partition coefficient (Wildman–Crippen LogP) is 8.61. The molecule has 0 saturated carbocycles. The highest BCUT2D eigenvalue weighted by molar-refractivity contribution is 6.98. The van der Waals surface area contributed by atoms with Gasteiger partial charge in [-0.2, -0.15) is 0 Å². The second-order valence-electron chi connectivity index (χ2n) is 12.5. The van der Waals surface area contributed by atoms with Crippen molar-refractivity contribution < 1.29 is 9.47 Å². The first-order valence-electron chi connectivity index (χ1n) is 16.1. The fourth-order valence-corrected chi connectivity index (χ4v) is 8.11. The molecular formula is C42H25BN2O2. The van der Waals surface area contributed by atoms with E-state index in [-0.39, 0.29) is 6.71 Å². The molecule has 0 spiro atoms. The molecule has 11 rings (SSSR count). The summed E-state index contributed by atoms with van der Waals surface area (Å²) in [6, 6.07) is 53.9. The van der Waals surface area contributed by atoms with Gasteiger partial charge in [-0.3, -0.25) is 0 Å². The summed E-state index contributed by atoms with van der Waals surface area (Å²) in [6.07, 6.45) is 0. The van der Waals surface area contributed by atoms with Gasteiger partial charge in [0.25, 0.3) is 6.71 Å². The average molecular weight is 600 g/mol. The normalized spacial score (nSPS) is 13.0. The Bertz CT molecular complexity index is 2710. The van der Waals surface area contributed by atoms with Crippen molar-refractivity contribution in [1.29, 1.82) is 0 Å². The lowest BCUT2D eigenvalue weighted by molar-refractivity contribution is 0.463. The second kappa shape index (κ2) is 9.18. The first kappa shape index (κ1) is 25.0. The van der Waals surface area contributed by atoms with Gasteiger partial charge in [-0.1, -0.05) is 91.0 Å². The maximum Gasteiger partial charge on any atom is 0.260 e. The quantitative estimate of drug-likeness (QED) is 0.186. The van der Waals surface area contributed by atoms with Gasteiger partial charge in [0, 0.05) is 32.7 Å². The van der Waals surface area contributed by atoms with Crippen molar-refractivity contribution in [3.63, 3.8) is 0 Å². The lowest BCUT2D eigenvalue weighted by Crippen LogP contribution is -2.57. The van der Waals surface area contributed by atoms with Crippen LogP contribution in [0.15, 0.2) is 152 Å². The van der Waals surface area contributed by atoms with Crippen LogP contribution in [0.3, 0.4) is 0 Å². The molecule has 9 aromatic rings. The Hall–Kier alpha value is -6.20. The molecule has 4 heterocycles. The summed E-state index contributed by atoms with van der Waals surface area (Å²) in [5, 5.41) is 4.91. The highest BCUT2D eigenvalue weighted by atomic mass is 16.5. The van der Waals surface area contributed by atoms with Gasteiger partial charge in [-0.05, 0) is 71.6 Å². The summed E-state index contributed by atoms with van der Waals surface area (Å²) in [6.45, 7) is 0.0184. The van der Waals surface area contributed by atoms with Gasteiger partial charge in [0.2, 0.25) is 0 Å². The minimum atomic E-state index is 0.0184. The summed E-state index contributed by atoms with van der Waals surface area (Å²) in [4.78, 5) is 0. The fraction of sp³-hybridized carbons (Fsp3) is 0. The average Bonchev–Trinajstić information content (AvgIpc) is 3.64. The minimum absolute atomic E-state index is 0.0184. The molecule has 0 amide bonds. The van der Waals surface area contributed by atoms with E-state index in [1.807, 2.05) is 6.07 Å². The lowest BCUT2D eigenvalue weighted by atomic mass is 9.35. The second-order valence-corrected chi connectivity index (χ2v) is 12.5. The Kier molecular flexibility index (Phi) is 4.89. The summed E-state index contributed by atoms with van der Waals surface area (Å²) < 4.78 is 18.1. The number of hydrogen-bond donors (Lipinski definition) is 0. The Morgan fingerprint density at radius 2 is 0.936 bits per heavy atom. The van der Waals surface area contributed by atoms with Gasteiger partial charge in [0.15, 0.2) is 0 Å². The number of nitrogens with zero attached hydrogens (tertiary/aromatic N) is 2. The van der Waals surface area contributed by atoms with Crippen molar-refractivity contribution in [1.82, 2.24) is 9.13 Å². The molecule has 2 aliphatic rings. The standard InChI is InChI=1S/C42H25BN2O2/c1-6-16-33-27(11-1)28-12-2-7-17-34(28)44(33)26-21-22-36-30(25-26)29-13-3-8-18-35(29)45(36)37-23-24-40-41-42(37)47-39-20-10-5-15-32(39)43(41)31-14-4-9-19-38(31)46-40/h1-25H. The third-order valence-electron chi connectivity index (χ3n) is 10.1. The summed E-state index contributed by atoms with van der Waals surface area (Å²) in [5.41, 5.74) is 10.2. The molecule has 0 atom stereocenters. The molecule has 0 aliphatic carbocycles. The lowest BCUT2D eigenvalue weighted by Gasteiger charge is -2.34. The summed E-state index contributed by atoms with van der Waals surface area (Å²) in [7, 11) is 0. The Labute approximate surface area is 270 Å². The van der Waals surface area contributed by atoms with Crippen molar-refractivity contribution >= 4 is 66.7 Å². The van der Waals surface area contributed by atoms with E-state index in [0.29, 0.717) is 0 Å². The zero-order valence-corrected chi connectivity index (χ0v) is 25.2. The maximum atomic E-state index is 6.87. The number of rotatable bonds is 2. The molecule has 47 heavy (non-hydrogen) atoms. The topological polar surface area (TPSA) is 28.3 Å². The van der Waals surface area contributed by atoms with Crippen molar-refractivity contribution in [3.05, 3.63) is 152 Å². The van der Waals surface area contributed by atoms with Gasteiger partial charge in [-0.15, -0.1) is 0 Å². The van der Waals surface area contributed by atoms with E-state index in [0.717, 1.165) is 61.8 Å². The molecule has 0 unspecified atom stereocenters. The van der Waals surface area contributed by atoms with E-state index >= 15 is 0 Å². The van der Waals surface area contributed by atoms with E-state index in [1.54, 1.807) is 0 Å². The van der Waals surface area contributed by atoms with Gasteiger partial charge >= 0.3 is 0 Å². The van der Waals surface area contributed by atoms with Crippen LogP contribution in [0.1, 0.15) is 0 Å². The highest BCUT2D eigenvalue weighted by Crippen LogP contribution is 2.42. The molecule has 4 nitrogen and oxygen atoms in total. The number of benzene rings is 7. The maximum absolute atomic E-state index is 6.87. The van der Waals surface area contributed by atoms with Crippen molar-refractivity contribution in [2.45, 2.75) is 0 Å². The molecule has 0 radical (unpaired) electrons. The highest BCUT2D eigenvalue weighted by Gasteiger charge is 2.41. The van der Waals surface area contributed by atoms with Crippen molar-refractivity contribution in [2.75, 3.05) is 0 Å². The van der Waals surface area contributed by atoms with Crippen LogP contribution in [0.5, 0.6) is 23.0 Å². The fourth-order valence-electron chi connectivity index (χ4n) is 8.11. The smallest absolute Gasteiger partial charge is 0.260 e. The largest absolute Gasteiger partial charge is 0.458 e. The summed E-state index contributed by atoms with van der Waals surface area (Å²) in [5.74, 6) is 3.47. The molecule has 0 fully saturated rings. The number of hydrogen-bond acceptors (Lipinski definition) is 2. The Morgan fingerprint density at radius 1 is 0.404 bits per heavy atom. The molecular weight excluding hydrogens is 575 g/mol. The molecule has 2 aromatic heterocycles. The Morgan fingerprint density at radius 3 is 1.62 bits per heavy atom. The third-order valence-corrected chi connectivity index (χ3v) is 10.1. The third kappa shape index (κ3) is 3.32. The van der Waals surface area contributed by atoms with Crippen LogP contribution >= 0.6 is 0 Å². The van der Waals surface area contributed by atoms with Gasteiger partial charge in [0.1, 0.15) is 23.0 Å². The molecule has 0 bridgehead atoms. The SMILES string of the molecule is c1ccc2c(c1)Oc1ccc(-n3c4ccccc4c4cc(-n5c6ccccc6c6ccccc65)ccc43)c3c1B2c1ccccc1O3. The minimum Gasteiger partial charge on any atom is -0.458 e. The van der Waals surface area contributed by atoms with Crippen LogP contribution in [0.25, 0.3) is 55.0 Å². The van der Waals surface area contributed by atoms with Crippen LogP contribution in [0, 0.1) is 0 Å². The molecule has 2 aliphatic heterocycles. The van der Waals surface area contributed by atoms with Crippen molar-refractivity contribution in [2.24, 2.45) is 0 Å². The molecule has 5 heteroatoms. The predicted molar refractivity (Wildman–Crippen MR) is 193 cm³/mol. The van der Waals surface area contributed by atoms with E-state index in [1.165, 1.54) is 32.6 Å². The van der Waals surface area contributed by atoms with Crippen LogP contribution in [-0.4, -0.2) is 15.8 Å². The first-order valence-corrected chi connectivity index (χ1v) is 16.1. The van der Waals surface area contributed by atoms with E-state index in [4.69, 9.17) is 9.47 Å². The zero-order chi connectivity index (χ0) is 30.6. The van der Waals surface area contributed by atoms with E-state index in [2.05, 4.69) is 155 Å². The number of para-hydroxylation sites is 5. The van der Waals surface area contributed by atoms with Gasteiger partial charge < -0.3 is 18.6 Å². The first-order chi connectivity index (χ1) is 23.3.